The van der Waals surface area contributed by atoms with Crippen molar-refractivity contribution in [3.63, 3.8) is 0 Å². The number of alkyl halides is 1. The first-order valence-electron chi connectivity index (χ1n) is 7.32. The van der Waals surface area contributed by atoms with Gasteiger partial charge in [-0.15, -0.1) is 11.6 Å². The molecule has 1 aromatic rings. The number of likely N-dealkylation sites (tertiary alicyclic amines) is 1. The summed E-state index contributed by atoms with van der Waals surface area (Å²) in [6.45, 7) is 6.08. The molecule has 1 atom stereocenters. The fraction of sp³-hybridized carbons (Fsp3) is 0.625. The van der Waals surface area contributed by atoms with Crippen LogP contribution in [0.3, 0.4) is 0 Å². The number of methoxy groups -OCH3 is 1. The van der Waals surface area contributed by atoms with Gasteiger partial charge < -0.3 is 9.47 Å². The normalized spacial score (nSPS) is 18.8. The Kier molecular flexibility index (Phi) is 5.99. The summed E-state index contributed by atoms with van der Waals surface area (Å²) in [5, 5.41) is 0.299. The van der Waals surface area contributed by atoms with Crippen LogP contribution in [0.4, 0.5) is 0 Å². The van der Waals surface area contributed by atoms with E-state index in [1.54, 1.807) is 7.11 Å². The van der Waals surface area contributed by atoms with Crippen molar-refractivity contribution < 1.29 is 9.47 Å². The lowest BCUT2D eigenvalue weighted by Crippen LogP contribution is -2.38. The molecule has 1 unspecified atom stereocenters. The Morgan fingerprint density at radius 3 is 2.35 bits per heavy atom. The van der Waals surface area contributed by atoms with Gasteiger partial charge >= 0.3 is 0 Å². The van der Waals surface area contributed by atoms with Crippen LogP contribution in [0, 0.1) is 5.92 Å². The first kappa shape index (κ1) is 15.5. The molecule has 1 aliphatic rings. The van der Waals surface area contributed by atoms with E-state index in [2.05, 4.69) is 11.8 Å². The van der Waals surface area contributed by atoms with E-state index in [1.165, 1.54) is 12.8 Å². The highest BCUT2D eigenvalue weighted by Crippen LogP contribution is 2.23. The van der Waals surface area contributed by atoms with Crippen LogP contribution in [0.1, 0.15) is 19.8 Å². The molecule has 2 rings (SSSR count). The summed E-state index contributed by atoms with van der Waals surface area (Å²) in [4.78, 5) is 2.46. The largest absolute Gasteiger partial charge is 0.497 e. The minimum atomic E-state index is 0.299. The molecule has 0 spiro atoms. The van der Waals surface area contributed by atoms with E-state index < -0.39 is 0 Å². The number of ether oxygens (including phenoxy) is 2. The highest BCUT2D eigenvalue weighted by Gasteiger charge is 2.22. The Morgan fingerprint density at radius 1 is 1.20 bits per heavy atom. The molecule has 0 aliphatic carbocycles. The average molecular weight is 298 g/mol. The molecule has 0 bridgehead atoms. The summed E-state index contributed by atoms with van der Waals surface area (Å²) in [6, 6.07) is 7.73. The van der Waals surface area contributed by atoms with Crippen LogP contribution < -0.4 is 9.47 Å². The zero-order chi connectivity index (χ0) is 14.4. The average Bonchev–Trinajstić information content (AvgIpc) is 2.48. The SMILES string of the molecule is COc1ccc(OCCN2CCC(C(C)Cl)CC2)cc1. The first-order valence-corrected chi connectivity index (χ1v) is 7.76. The third kappa shape index (κ3) is 4.57. The maximum Gasteiger partial charge on any atom is 0.119 e. The minimum Gasteiger partial charge on any atom is -0.497 e. The van der Waals surface area contributed by atoms with Gasteiger partial charge in [-0.2, -0.15) is 0 Å². The van der Waals surface area contributed by atoms with Gasteiger partial charge in [-0.25, -0.2) is 0 Å². The van der Waals surface area contributed by atoms with Crippen LogP contribution in [0.2, 0.25) is 0 Å². The smallest absolute Gasteiger partial charge is 0.119 e. The third-order valence-electron chi connectivity index (χ3n) is 4.02. The monoisotopic (exact) mass is 297 g/mol. The number of piperidine rings is 1. The number of halogens is 1. The molecular weight excluding hydrogens is 274 g/mol. The highest BCUT2D eigenvalue weighted by atomic mass is 35.5. The Morgan fingerprint density at radius 2 is 1.80 bits per heavy atom. The lowest BCUT2D eigenvalue weighted by Gasteiger charge is -2.32. The van der Waals surface area contributed by atoms with Crippen molar-refractivity contribution in [3.05, 3.63) is 24.3 Å². The molecule has 112 valence electrons. The first-order chi connectivity index (χ1) is 9.69. The zero-order valence-corrected chi connectivity index (χ0v) is 13.1. The highest BCUT2D eigenvalue weighted by molar-refractivity contribution is 6.20. The van der Waals surface area contributed by atoms with Crippen molar-refractivity contribution in [2.45, 2.75) is 25.1 Å². The molecule has 0 saturated carbocycles. The van der Waals surface area contributed by atoms with Gasteiger partial charge in [0.25, 0.3) is 0 Å². The topological polar surface area (TPSA) is 21.7 Å². The van der Waals surface area contributed by atoms with Crippen LogP contribution in [-0.4, -0.2) is 43.6 Å². The van der Waals surface area contributed by atoms with Crippen LogP contribution in [0.25, 0.3) is 0 Å². The third-order valence-corrected chi connectivity index (χ3v) is 4.37. The molecule has 20 heavy (non-hydrogen) atoms. The summed E-state index contributed by atoms with van der Waals surface area (Å²) in [5.41, 5.74) is 0. The van der Waals surface area contributed by atoms with Gasteiger partial charge in [0, 0.05) is 11.9 Å². The molecule has 0 radical (unpaired) electrons. The van der Waals surface area contributed by atoms with Gasteiger partial charge in [0.2, 0.25) is 0 Å². The predicted octanol–water partition coefficient (Wildman–Crippen LogP) is 3.41. The van der Waals surface area contributed by atoms with E-state index in [0.29, 0.717) is 11.3 Å². The van der Waals surface area contributed by atoms with Crippen molar-refractivity contribution in [1.29, 1.82) is 0 Å². The van der Waals surface area contributed by atoms with E-state index in [1.807, 2.05) is 24.3 Å². The van der Waals surface area contributed by atoms with Gasteiger partial charge in [0.1, 0.15) is 18.1 Å². The van der Waals surface area contributed by atoms with Gasteiger partial charge in [-0.1, -0.05) is 0 Å². The van der Waals surface area contributed by atoms with Gasteiger partial charge in [0.15, 0.2) is 0 Å². The zero-order valence-electron chi connectivity index (χ0n) is 12.3. The molecule has 1 heterocycles. The van der Waals surface area contributed by atoms with Crippen molar-refractivity contribution in [1.82, 2.24) is 4.90 Å². The molecule has 1 saturated heterocycles. The molecule has 1 fully saturated rings. The van der Waals surface area contributed by atoms with Crippen molar-refractivity contribution in [2.24, 2.45) is 5.92 Å². The van der Waals surface area contributed by atoms with Gasteiger partial charge in [-0.05, 0) is 63.0 Å². The lowest BCUT2D eigenvalue weighted by molar-refractivity contribution is 0.154. The Bertz CT molecular complexity index is 386. The maximum atomic E-state index is 6.16. The fourth-order valence-electron chi connectivity index (χ4n) is 2.60. The van der Waals surface area contributed by atoms with Crippen molar-refractivity contribution in [2.75, 3.05) is 33.4 Å². The number of hydrogen-bond donors (Lipinski definition) is 0. The summed E-state index contributed by atoms with van der Waals surface area (Å²) in [6.07, 6.45) is 2.40. The van der Waals surface area contributed by atoms with E-state index in [-0.39, 0.29) is 0 Å². The number of rotatable bonds is 6. The second kappa shape index (κ2) is 7.75. The molecule has 3 nitrogen and oxygen atoms in total. The molecule has 1 aliphatic heterocycles. The van der Waals surface area contributed by atoms with Crippen LogP contribution in [-0.2, 0) is 0 Å². The van der Waals surface area contributed by atoms with E-state index in [0.717, 1.165) is 37.7 Å². The lowest BCUT2D eigenvalue weighted by atomic mass is 9.94. The summed E-state index contributed by atoms with van der Waals surface area (Å²) in [5.74, 6) is 2.43. The summed E-state index contributed by atoms with van der Waals surface area (Å²) < 4.78 is 10.9. The van der Waals surface area contributed by atoms with E-state index in [4.69, 9.17) is 21.1 Å². The summed E-state index contributed by atoms with van der Waals surface area (Å²) in [7, 11) is 1.67. The molecule has 0 amide bonds. The van der Waals surface area contributed by atoms with Crippen LogP contribution >= 0.6 is 11.6 Å². The van der Waals surface area contributed by atoms with Crippen LogP contribution in [0.5, 0.6) is 11.5 Å². The van der Waals surface area contributed by atoms with Crippen molar-refractivity contribution in [3.8, 4) is 11.5 Å². The predicted molar refractivity (Wildman–Crippen MR) is 83.0 cm³/mol. The molecular formula is C16H24ClNO2. The molecule has 1 aromatic carbocycles. The number of nitrogens with zero attached hydrogens (tertiary/aromatic N) is 1. The summed E-state index contributed by atoms with van der Waals surface area (Å²) >= 11 is 6.16. The minimum absolute atomic E-state index is 0.299. The Labute approximate surface area is 126 Å². The van der Waals surface area contributed by atoms with Crippen molar-refractivity contribution >= 4 is 11.6 Å². The number of hydrogen-bond acceptors (Lipinski definition) is 3. The van der Waals surface area contributed by atoms with Gasteiger partial charge in [-0.3, -0.25) is 4.90 Å². The maximum absolute atomic E-state index is 6.16. The second-order valence-corrected chi connectivity index (χ2v) is 6.07. The van der Waals surface area contributed by atoms with E-state index in [9.17, 15) is 0 Å². The van der Waals surface area contributed by atoms with E-state index >= 15 is 0 Å². The Balaban J connectivity index is 1.66. The standard InChI is InChI=1S/C16H24ClNO2/c1-13(17)14-7-9-18(10-8-14)11-12-20-16-5-3-15(19-2)4-6-16/h3-6,13-14H,7-12H2,1-2H3. The van der Waals surface area contributed by atoms with Crippen LogP contribution in [0.15, 0.2) is 24.3 Å². The Hall–Kier alpha value is -0.930. The molecule has 0 N–H and O–H groups in total. The number of benzene rings is 1. The quantitative estimate of drug-likeness (QED) is 0.751. The second-order valence-electron chi connectivity index (χ2n) is 5.38. The molecule has 0 aromatic heterocycles. The fourth-order valence-corrected chi connectivity index (χ4v) is 2.85. The molecule has 4 heteroatoms. The van der Waals surface area contributed by atoms with Gasteiger partial charge in [0.05, 0.1) is 7.11 Å².